The van der Waals surface area contributed by atoms with E-state index in [2.05, 4.69) is 12.1 Å². The molecule has 4 unspecified atom stereocenters. The van der Waals surface area contributed by atoms with Gasteiger partial charge in [-0.15, -0.1) is 0 Å². The number of hydrogen-bond acceptors (Lipinski definition) is 4. The predicted molar refractivity (Wildman–Crippen MR) is 63.9 cm³/mol. The van der Waals surface area contributed by atoms with Crippen molar-refractivity contribution in [2.75, 3.05) is 14.2 Å². The second kappa shape index (κ2) is 4.37. The second-order valence-corrected chi connectivity index (χ2v) is 4.75. The highest BCUT2D eigenvalue weighted by molar-refractivity contribution is 5.75. The van der Waals surface area contributed by atoms with Crippen LogP contribution in [0, 0.1) is 5.92 Å². The van der Waals surface area contributed by atoms with E-state index in [1.807, 2.05) is 12.1 Å². The molecule has 2 aliphatic heterocycles. The van der Waals surface area contributed by atoms with E-state index >= 15 is 0 Å². The molecule has 0 amide bonds. The monoisotopic (exact) mass is 248 g/mol. The first-order chi connectivity index (χ1) is 8.76. The molecule has 2 bridgehead atoms. The highest BCUT2D eigenvalue weighted by Crippen LogP contribution is 2.55. The van der Waals surface area contributed by atoms with E-state index in [1.54, 1.807) is 7.11 Å². The maximum absolute atomic E-state index is 11.7. The lowest BCUT2D eigenvalue weighted by atomic mass is 9.81. The average Bonchev–Trinajstić information content (AvgIpc) is 2.98. The third kappa shape index (κ3) is 1.56. The third-order valence-electron chi connectivity index (χ3n) is 3.91. The first-order valence-corrected chi connectivity index (χ1v) is 6.11. The van der Waals surface area contributed by atoms with Gasteiger partial charge in [0.15, 0.2) is 6.10 Å². The zero-order chi connectivity index (χ0) is 12.7. The van der Waals surface area contributed by atoms with Gasteiger partial charge in [-0.3, -0.25) is 0 Å². The number of fused-ring (bicyclic) bond motifs is 5. The van der Waals surface area contributed by atoms with Crippen LogP contribution in [-0.2, 0) is 19.0 Å². The number of rotatable bonds is 3. The Morgan fingerprint density at radius 1 is 1.33 bits per heavy atom. The lowest BCUT2D eigenvalue weighted by molar-refractivity contribution is -0.157. The van der Waals surface area contributed by atoms with Gasteiger partial charge in [0, 0.05) is 13.0 Å². The van der Waals surface area contributed by atoms with Crippen molar-refractivity contribution in [1.82, 2.24) is 0 Å². The van der Waals surface area contributed by atoms with Gasteiger partial charge in [0.05, 0.1) is 19.3 Å². The Morgan fingerprint density at radius 3 is 2.72 bits per heavy atom. The van der Waals surface area contributed by atoms with Crippen LogP contribution < -0.4 is 0 Å². The molecule has 0 radical (unpaired) electrons. The molecule has 1 aromatic carbocycles. The van der Waals surface area contributed by atoms with E-state index in [4.69, 9.17) is 14.2 Å². The minimum absolute atomic E-state index is 0.0438. The van der Waals surface area contributed by atoms with E-state index < -0.39 is 6.10 Å². The maximum atomic E-state index is 11.7. The number of hydrogen-bond donors (Lipinski definition) is 0. The van der Waals surface area contributed by atoms with E-state index in [0.717, 1.165) is 6.42 Å². The minimum atomic E-state index is -0.543. The molecule has 1 saturated heterocycles. The Balaban J connectivity index is 1.89. The van der Waals surface area contributed by atoms with Crippen LogP contribution in [0.5, 0.6) is 0 Å². The van der Waals surface area contributed by atoms with Crippen molar-refractivity contribution < 1.29 is 19.0 Å². The summed E-state index contributed by atoms with van der Waals surface area (Å²) in [5, 5.41) is 0. The molecule has 0 aromatic heterocycles. The first kappa shape index (κ1) is 11.7. The van der Waals surface area contributed by atoms with E-state index in [9.17, 15) is 4.79 Å². The Kier molecular flexibility index (Phi) is 2.84. The SMILES string of the molecule is COC(=O)C(OC)C1CC2OC1c1ccccc12. The van der Waals surface area contributed by atoms with Gasteiger partial charge in [-0.25, -0.2) is 4.79 Å². The summed E-state index contributed by atoms with van der Waals surface area (Å²) >= 11 is 0. The summed E-state index contributed by atoms with van der Waals surface area (Å²) in [5.41, 5.74) is 2.43. The zero-order valence-corrected chi connectivity index (χ0v) is 10.5. The van der Waals surface area contributed by atoms with Crippen LogP contribution >= 0.6 is 0 Å². The van der Waals surface area contributed by atoms with E-state index in [1.165, 1.54) is 18.2 Å². The highest BCUT2D eigenvalue weighted by Gasteiger charge is 2.50. The van der Waals surface area contributed by atoms with Gasteiger partial charge in [-0.1, -0.05) is 24.3 Å². The van der Waals surface area contributed by atoms with Gasteiger partial charge in [-0.05, 0) is 17.5 Å². The Bertz CT molecular complexity index is 471. The summed E-state index contributed by atoms with van der Waals surface area (Å²) in [7, 11) is 2.93. The van der Waals surface area contributed by atoms with Crippen LogP contribution in [-0.4, -0.2) is 26.3 Å². The summed E-state index contributed by atoms with van der Waals surface area (Å²) < 4.78 is 16.0. The molecular formula is C14H16O4. The first-order valence-electron chi connectivity index (χ1n) is 6.11. The summed E-state index contributed by atoms with van der Waals surface area (Å²) in [4.78, 5) is 11.7. The van der Waals surface area contributed by atoms with Crippen molar-refractivity contribution in [2.45, 2.75) is 24.7 Å². The van der Waals surface area contributed by atoms with Crippen molar-refractivity contribution in [3.63, 3.8) is 0 Å². The molecule has 2 heterocycles. The van der Waals surface area contributed by atoms with Gasteiger partial charge >= 0.3 is 5.97 Å². The Morgan fingerprint density at radius 2 is 2.06 bits per heavy atom. The molecule has 0 saturated carbocycles. The van der Waals surface area contributed by atoms with E-state index in [0.29, 0.717) is 0 Å². The molecule has 18 heavy (non-hydrogen) atoms. The van der Waals surface area contributed by atoms with Crippen LogP contribution in [0.3, 0.4) is 0 Å². The molecule has 0 spiro atoms. The largest absolute Gasteiger partial charge is 0.467 e. The normalized spacial score (nSPS) is 30.0. The molecule has 2 aliphatic rings. The second-order valence-electron chi connectivity index (χ2n) is 4.75. The van der Waals surface area contributed by atoms with Crippen molar-refractivity contribution in [3.05, 3.63) is 35.4 Å². The highest BCUT2D eigenvalue weighted by atomic mass is 16.6. The number of ether oxygens (including phenoxy) is 3. The summed E-state index contributed by atoms with van der Waals surface area (Å²) in [6.07, 6.45) is 0.321. The lowest BCUT2D eigenvalue weighted by Gasteiger charge is -2.26. The minimum Gasteiger partial charge on any atom is -0.467 e. The number of benzene rings is 1. The third-order valence-corrected chi connectivity index (χ3v) is 3.91. The maximum Gasteiger partial charge on any atom is 0.335 e. The topological polar surface area (TPSA) is 44.8 Å². The molecule has 4 atom stereocenters. The molecule has 4 heteroatoms. The smallest absolute Gasteiger partial charge is 0.335 e. The van der Waals surface area contributed by atoms with Crippen molar-refractivity contribution >= 4 is 5.97 Å². The Hall–Kier alpha value is -1.39. The average molecular weight is 248 g/mol. The van der Waals surface area contributed by atoms with Gasteiger partial charge in [-0.2, -0.15) is 0 Å². The standard InChI is InChI=1S/C14H16O4/c1-16-13(14(15)17-2)10-7-11-8-5-3-4-6-9(8)12(10)18-11/h3-6,10-13H,7H2,1-2H3. The zero-order valence-electron chi connectivity index (χ0n) is 10.5. The fraction of sp³-hybridized carbons (Fsp3) is 0.500. The van der Waals surface area contributed by atoms with E-state index in [-0.39, 0.29) is 24.1 Å². The molecule has 96 valence electrons. The number of carbonyl (C=O) groups is 1. The molecule has 0 aliphatic carbocycles. The number of carbonyl (C=O) groups excluding carboxylic acids is 1. The lowest BCUT2D eigenvalue weighted by Crippen LogP contribution is -2.35. The predicted octanol–water partition coefficient (Wildman–Crippen LogP) is 2.01. The molecule has 1 fully saturated rings. The van der Waals surface area contributed by atoms with Crippen LogP contribution in [0.4, 0.5) is 0 Å². The van der Waals surface area contributed by atoms with Crippen molar-refractivity contribution in [3.8, 4) is 0 Å². The van der Waals surface area contributed by atoms with Gasteiger partial charge in [0.25, 0.3) is 0 Å². The van der Waals surface area contributed by atoms with Crippen LogP contribution in [0.15, 0.2) is 24.3 Å². The fourth-order valence-corrected chi connectivity index (χ4v) is 3.12. The summed E-state index contributed by atoms with van der Waals surface area (Å²) in [6.45, 7) is 0. The number of esters is 1. The van der Waals surface area contributed by atoms with Crippen molar-refractivity contribution in [1.29, 1.82) is 0 Å². The summed E-state index contributed by atoms with van der Waals surface area (Å²) in [5.74, 6) is -0.279. The molecule has 3 rings (SSSR count). The number of methoxy groups -OCH3 is 2. The van der Waals surface area contributed by atoms with Gasteiger partial charge < -0.3 is 14.2 Å². The summed E-state index contributed by atoms with van der Waals surface area (Å²) in [6, 6.07) is 8.18. The fourth-order valence-electron chi connectivity index (χ4n) is 3.12. The molecule has 0 N–H and O–H groups in total. The molecule has 1 aromatic rings. The molecule has 4 nitrogen and oxygen atoms in total. The van der Waals surface area contributed by atoms with Crippen LogP contribution in [0.2, 0.25) is 0 Å². The van der Waals surface area contributed by atoms with Crippen LogP contribution in [0.1, 0.15) is 29.8 Å². The van der Waals surface area contributed by atoms with Gasteiger partial charge in [0.1, 0.15) is 0 Å². The Labute approximate surface area is 106 Å². The van der Waals surface area contributed by atoms with Crippen molar-refractivity contribution in [2.24, 2.45) is 5.92 Å². The quantitative estimate of drug-likeness (QED) is 0.767. The van der Waals surface area contributed by atoms with Gasteiger partial charge in [0.2, 0.25) is 0 Å². The molecular weight excluding hydrogens is 232 g/mol. The van der Waals surface area contributed by atoms with Crippen LogP contribution in [0.25, 0.3) is 0 Å².